The lowest BCUT2D eigenvalue weighted by atomic mass is 10.0. The molecule has 0 spiro atoms. The van der Waals surface area contributed by atoms with Crippen molar-refractivity contribution in [3.63, 3.8) is 0 Å². The molecule has 3 N–H and O–H groups in total. The number of unbranched alkanes of at least 4 members (excludes halogenated alkanes) is 46. The Morgan fingerprint density at radius 1 is 0.245 bits per heavy atom. The Bertz CT molecular complexity index is 1990. The Kier molecular flexibility index (Phi) is 70.6. The quantitative estimate of drug-likeness (QED) is 0.0222. The minimum absolute atomic E-state index is 0.107. The van der Waals surface area contributed by atoms with Crippen LogP contribution in [0.25, 0.3) is 0 Å². The van der Waals surface area contributed by atoms with Gasteiger partial charge in [0.25, 0.3) is 0 Å². The third-order valence-electron chi connectivity index (χ3n) is 19.3. The maximum Gasteiger partial charge on any atom is 0.472 e. The fourth-order valence-electron chi connectivity index (χ4n) is 12.8. The SMILES string of the molecule is CC(C)CCCCCCCCCCCCCCCCCCC(=O)O[C@H](COC(=O)CCCCCCCCCCCCCC(C)C)COP(=O)(O)OCC(O)COP(=O)(O)OC[C@@H](COC(=O)CCCCCCCCCC(C)C)OC(=O)CCCCCCCCCCCCCCCCCCC(C)C. The van der Waals surface area contributed by atoms with Gasteiger partial charge in [-0.3, -0.25) is 37.3 Å². The normalized spacial score (nSPS) is 14.0. The Morgan fingerprint density at radius 2 is 0.412 bits per heavy atom. The molecule has 5 atom stereocenters. The second kappa shape index (κ2) is 72.0. The molecule has 0 bridgehead atoms. The minimum atomic E-state index is -4.96. The number of hydrogen-bond acceptors (Lipinski definition) is 15. The van der Waals surface area contributed by atoms with Gasteiger partial charge in [-0.2, -0.15) is 0 Å². The number of aliphatic hydroxyl groups is 1. The van der Waals surface area contributed by atoms with Crippen LogP contribution in [0.5, 0.6) is 0 Å². The number of carbonyl (C=O) groups is 4. The standard InChI is InChI=1S/C83H162O17P2/c1-73(2)59-51-43-35-28-22-17-13-9-11-15-19-25-32-40-49-57-65-82(87)99-78(69-93-80(85)63-55-47-39-31-27-21-24-30-37-45-53-61-75(5)6)71-97-101(89,90)95-67-77(84)68-96-102(91,92)98-72-79(70-94-81(86)64-56-48-42-34-38-46-54-62-76(7)8)100-83(88)66-58-50-41-33-26-20-16-12-10-14-18-23-29-36-44-52-60-74(3)4/h73-79,84H,9-72H2,1-8H3,(H,89,90)(H,91,92)/t77?,78-,79-/m1/s1. The van der Waals surface area contributed by atoms with E-state index < -0.39 is 97.5 Å². The smallest absolute Gasteiger partial charge is 0.462 e. The maximum absolute atomic E-state index is 13.1. The number of carbonyl (C=O) groups excluding carboxylic acids is 4. The van der Waals surface area contributed by atoms with Gasteiger partial charge >= 0.3 is 39.5 Å². The molecule has 0 saturated heterocycles. The van der Waals surface area contributed by atoms with Crippen LogP contribution in [0.1, 0.15) is 428 Å². The average Bonchev–Trinajstić information content (AvgIpc) is 0.911. The van der Waals surface area contributed by atoms with Crippen molar-refractivity contribution in [2.24, 2.45) is 23.7 Å². The van der Waals surface area contributed by atoms with Gasteiger partial charge in [-0.05, 0) is 49.4 Å². The van der Waals surface area contributed by atoms with Crippen LogP contribution >= 0.6 is 15.6 Å². The molecule has 0 aromatic rings. The molecular weight excluding hydrogens is 1330 g/mol. The van der Waals surface area contributed by atoms with Crippen LogP contribution < -0.4 is 0 Å². The van der Waals surface area contributed by atoms with Crippen LogP contribution in [-0.4, -0.2) is 96.7 Å². The average molecular weight is 1490 g/mol. The molecule has 0 fully saturated rings. The van der Waals surface area contributed by atoms with Crippen LogP contribution in [0.3, 0.4) is 0 Å². The number of phosphoric acid groups is 2. The molecule has 102 heavy (non-hydrogen) atoms. The van der Waals surface area contributed by atoms with Gasteiger partial charge in [0.1, 0.15) is 19.3 Å². The van der Waals surface area contributed by atoms with E-state index in [0.29, 0.717) is 31.6 Å². The fraction of sp³-hybridized carbons (Fsp3) is 0.952. The van der Waals surface area contributed by atoms with E-state index in [2.05, 4.69) is 55.4 Å². The van der Waals surface area contributed by atoms with Gasteiger partial charge in [-0.25, -0.2) is 9.13 Å². The summed E-state index contributed by atoms with van der Waals surface area (Å²) in [5.41, 5.74) is 0. The zero-order valence-electron chi connectivity index (χ0n) is 67.2. The summed E-state index contributed by atoms with van der Waals surface area (Å²) < 4.78 is 68.8. The summed E-state index contributed by atoms with van der Waals surface area (Å²) in [5, 5.41) is 10.7. The third kappa shape index (κ3) is 76.3. The van der Waals surface area contributed by atoms with Gasteiger partial charge in [-0.1, -0.05) is 376 Å². The number of aliphatic hydroxyl groups excluding tert-OH is 1. The highest BCUT2D eigenvalue weighted by Crippen LogP contribution is 2.45. The van der Waals surface area contributed by atoms with Crippen molar-refractivity contribution in [2.75, 3.05) is 39.6 Å². The molecule has 0 amide bonds. The van der Waals surface area contributed by atoms with E-state index in [9.17, 15) is 43.2 Å². The van der Waals surface area contributed by atoms with Crippen molar-refractivity contribution >= 4 is 39.5 Å². The lowest BCUT2D eigenvalue weighted by Gasteiger charge is -2.21. The van der Waals surface area contributed by atoms with E-state index in [1.54, 1.807) is 0 Å². The highest BCUT2D eigenvalue weighted by Gasteiger charge is 2.30. The number of hydrogen-bond donors (Lipinski definition) is 3. The molecule has 0 radical (unpaired) electrons. The van der Waals surface area contributed by atoms with Crippen molar-refractivity contribution < 1.29 is 80.2 Å². The summed E-state index contributed by atoms with van der Waals surface area (Å²) >= 11 is 0. The highest BCUT2D eigenvalue weighted by molar-refractivity contribution is 7.47. The minimum Gasteiger partial charge on any atom is -0.462 e. The molecule has 19 heteroatoms. The fourth-order valence-corrected chi connectivity index (χ4v) is 14.4. The Balaban J connectivity index is 5.22. The topological polar surface area (TPSA) is 237 Å². The van der Waals surface area contributed by atoms with E-state index in [0.717, 1.165) is 114 Å². The molecule has 0 saturated carbocycles. The van der Waals surface area contributed by atoms with E-state index in [-0.39, 0.29) is 25.7 Å². The first-order chi connectivity index (χ1) is 49.1. The maximum atomic E-state index is 13.1. The monoisotopic (exact) mass is 1490 g/mol. The number of esters is 4. The van der Waals surface area contributed by atoms with Crippen LogP contribution in [-0.2, 0) is 65.4 Å². The largest absolute Gasteiger partial charge is 0.472 e. The molecule has 606 valence electrons. The first kappa shape index (κ1) is 100. The van der Waals surface area contributed by atoms with Crippen molar-refractivity contribution in [3.05, 3.63) is 0 Å². The van der Waals surface area contributed by atoms with Crippen molar-refractivity contribution in [1.82, 2.24) is 0 Å². The lowest BCUT2D eigenvalue weighted by molar-refractivity contribution is -0.161. The summed E-state index contributed by atoms with van der Waals surface area (Å²) in [7, 11) is -9.92. The van der Waals surface area contributed by atoms with E-state index >= 15 is 0 Å². The second-order valence-electron chi connectivity index (χ2n) is 31.8. The first-order valence-electron chi connectivity index (χ1n) is 42.7. The van der Waals surface area contributed by atoms with Gasteiger partial charge in [0.05, 0.1) is 26.4 Å². The Morgan fingerprint density at radius 3 is 0.608 bits per heavy atom. The lowest BCUT2D eigenvalue weighted by Crippen LogP contribution is -2.30. The van der Waals surface area contributed by atoms with Crippen molar-refractivity contribution in [3.8, 4) is 0 Å². The highest BCUT2D eigenvalue weighted by atomic mass is 31.2. The van der Waals surface area contributed by atoms with Crippen LogP contribution in [0.4, 0.5) is 0 Å². The molecular formula is C83H162O17P2. The van der Waals surface area contributed by atoms with E-state index in [1.807, 2.05) is 0 Å². The molecule has 0 aliphatic rings. The molecule has 3 unspecified atom stereocenters. The summed E-state index contributed by atoms with van der Waals surface area (Å²) in [6, 6.07) is 0. The summed E-state index contributed by atoms with van der Waals surface area (Å²) in [5.74, 6) is 0.983. The summed E-state index contributed by atoms with van der Waals surface area (Å²) in [6.45, 7) is 14.3. The zero-order chi connectivity index (χ0) is 75.3. The molecule has 0 aromatic carbocycles. The van der Waals surface area contributed by atoms with Crippen molar-refractivity contribution in [1.29, 1.82) is 0 Å². The molecule has 0 aliphatic heterocycles. The number of phosphoric ester groups is 2. The molecule has 0 aromatic heterocycles. The molecule has 0 heterocycles. The van der Waals surface area contributed by atoms with Gasteiger partial charge in [0.15, 0.2) is 12.2 Å². The first-order valence-corrected chi connectivity index (χ1v) is 45.7. The molecule has 0 rings (SSSR count). The summed E-state index contributed by atoms with van der Waals surface area (Å²) in [4.78, 5) is 73.1. The number of ether oxygens (including phenoxy) is 4. The van der Waals surface area contributed by atoms with E-state index in [1.165, 1.54) is 225 Å². The Labute approximate surface area is 626 Å². The van der Waals surface area contributed by atoms with Crippen LogP contribution in [0.2, 0.25) is 0 Å². The number of rotatable bonds is 80. The second-order valence-corrected chi connectivity index (χ2v) is 34.7. The molecule has 0 aliphatic carbocycles. The van der Waals surface area contributed by atoms with Crippen molar-refractivity contribution in [2.45, 2.75) is 446 Å². The van der Waals surface area contributed by atoms with Gasteiger partial charge < -0.3 is 33.8 Å². The molecule has 17 nitrogen and oxygen atoms in total. The summed E-state index contributed by atoms with van der Waals surface area (Å²) in [6.07, 6.45) is 59.8. The van der Waals surface area contributed by atoms with Gasteiger partial charge in [-0.15, -0.1) is 0 Å². The third-order valence-corrected chi connectivity index (χ3v) is 21.2. The predicted molar refractivity (Wildman–Crippen MR) is 418 cm³/mol. The van der Waals surface area contributed by atoms with Crippen LogP contribution in [0, 0.1) is 23.7 Å². The van der Waals surface area contributed by atoms with Gasteiger partial charge in [0, 0.05) is 25.7 Å². The van der Waals surface area contributed by atoms with Crippen LogP contribution in [0.15, 0.2) is 0 Å². The van der Waals surface area contributed by atoms with Gasteiger partial charge in [0.2, 0.25) is 0 Å². The predicted octanol–water partition coefficient (Wildman–Crippen LogP) is 24.8. The Hall–Kier alpha value is -1.94. The van der Waals surface area contributed by atoms with E-state index in [4.69, 9.17) is 37.0 Å². The zero-order valence-corrected chi connectivity index (χ0v) is 69.0.